The Bertz CT molecular complexity index is 673. The van der Waals surface area contributed by atoms with Crippen molar-refractivity contribution in [3.8, 4) is 22.6 Å². The lowest BCUT2D eigenvalue weighted by Crippen LogP contribution is -2.14. The normalized spacial score (nSPS) is 17.3. The second-order valence-electron chi connectivity index (χ2n) is 5.88. The average molecular weight is 311 g/mol. The predicted molar refractivity (Wildman–Crippen MR) is 91.8 cm³/mol. The van der Waals surface area contributed by atoms with E-state index in [2.05, 4.69) is 38.1 Å². The molecule has 0 amide bonds. The minimum Gasteiger partial charge on any atom is -0.493 e. The lowest BCUT2D eigenvalue weighted by Gasteiger charge is -2.17. The fourth-order valence-corrected chi connectivity index (χ4v) is 2.90. The lowest BCUT2D eigenvalue weighted by atomic mass is 9.99. The first-order valence-electron chi connectivity index (χ1n) is 8.06. The molecule has 1 heterocycles. The summed E-state index contributed by atoms with van der Waals surface area (Å²) in [6, 6.07) is 12.6. The predicted octanol–water partition coefficient (Wildman–Crippen LogP) is 4.56. The van der Waals surface area contributed by atoms with Crippen LogP contribution in [0.15, 0.2) is 36.4 Å². The molecule has 3 heteroatoms. The molecule has 1 aliphatic heterocycles. The molecule has 0 saturated carbocycles. The van der Waals surface area contributed by atoms with Crippen LogP contribution in [0.3, 0.4) is 0 Å². The van der Waals surface area contributed by atoms with Crippen LogP contribution in [0.25, 0.3) is 11.1 Å². The van der Waals surface area contributed by atoms with E-state index >= 15 is 0 Å². The highest BCUT2D eigenvalue weighted by Crippen LogP contribution is 2.35. The Morgan fingerprint density at radius 3 is 2.70 bits per heavy atom. The van der Waals surface area contributed by atoms with Crippen molar-refractivity contribution in [3.05, 3.63) is 54.4 Å². The van der Waals surface area contributed by atoms with E-state index in [0.717, 1.165) is 42.9 Å². The Morgan fingerprint density at radius 1 is 1.13 bits per heavy atom. The van der Waals surface area contributed by atoms with Crippen molar-refractivity contribution in [3.63, 3.8) is 0 Å². The third kappa shape index (κ3) is 3.67. The largest absolute Gasteiger partial charge is 0.493 e. The van der Waals surface area contributed by atoms with Crippen molar-refractivity contribution < 1.29 is 14.2 Å². The van der Waals surface area contributed by atoms with Crippen LogP contribution in [0.5, 0.6) is 11.5 Å². The average Bonchev–Trinajstić information content (AvgIpc) is 3.07. The highest BCUT2D eigenvalue weighted by Gasteiger charge is 2.19. The Kier molecular flexibility index (Phi) is 4.87. The molecule has 2 aromatic rings. The first-order valence-corrected chi connectivity index (χ1v) is 8.06. The summed E-state index contributed by atoms with van der Waals surface area (Å²) in [7, 11) is 1.66. The summed E-state index contributed by atoms with van der Waals surface area (Å²) in [6.45, 7) is 6.85. The second kappa shape index (κ2) is 7.05. The third-order valence-corrected chi connectivity index (χ3v) is 4.07. The maximum absolute atomic E-state index is 5.99. The zero-order chi connectivity index (χ0) is 16.2. The van der Waals surface area contributed by atoms with Crippen LogP contribution in [-0.4, -0.2) is 20.0 Å². The van der Waals surface area contributed by atoms with E-state index in [1.807, 2.05) is 12.1 Å². The van der Waals surface area contributed by atoms with Gasteiger partial charge in [-0.05, 0) is 55.5 Å². The van der Waals surface area contributed by atoms with E-state index in [9.17, 15) is 0 Å². The number of ether oxygens (including phenoxy) is 3. The fraction of sp³-hybridized carbons (Fsp3) is 0.350. The van der Waals surface area contributed by atoms with Crippen LogP contribution in [0.1, 0.15) is 24.0 Å². The number of hydrogen-bond acceptors (Lipinski definition) is 3. The molecule has 1 aliphatic rings. The standard InChI is InChI=1S/C20H23O3/c1-4-15-10-14(2)11-17(12-15)16-7-8-18(21-3)19(13-16)23-20-6-5-9-22-20/h7-8,10-13,20H,1,4-6,9H2,2-3H3. The summed E-state index contributed by atoms with van der Waals surface area (Å²) in [5, 5.41) is 0. The maximum atomic E-state index is 5.99. The van der Waals surface area contributed by atoms with E-state index < -0.39 is 0 Å². The molecule has 1 unspecified atom stereocenters. The molecule has 1 fully saturated rings. The summed E-state index contributed by atoms with van der Waals surface area (Å²) < 4.78 is 17.0. The van der Waals surface area contributed by atoms with Gasteiger partial charge in [-0.2, -0.15) is 0 Å². The summed E-state index contributed by atoms with van der Waals surface area (Å²) >= 11 is 0. The van der Waals surface area contributed by atoms with Crippen LogP contribution in [-0.2, 0) is 11.2 Å². The minimum absolute atomic E-state index is 0.174. The highest BCUT2D eigenvalue weighted by molar-refractivity contribution is 5.68. The van der Waals surface area contributed by atoms with Gasteiger partial charge < -0.3 is 14.2 Å². The van der Waals surface area contributed by atoms with Crippen molar-refractivity contribution in [1.82, 2.24) is 0 Å². The molecular weight excluding hydrogens is 288 g/mol. The minimum atomic E-state index is -0.174. The van der Waals surface area contributed by atoms with Gasteiger partial charge in [0, 0.05) is 6.42 Å². The Hall–Kier alpha value is -2.00. The molecule has 1 saturated heterocycles. The van der Waals surface area contributed by atoms with Crippen molar-refractivity contribution in [2.45, 2.75) is 32.5 Å². The Balaban J connectivity index is 1.94. The van der Waals surface area contributed by atoms with Crippen LogP contribution < -0.4 is 9.47 Å². The number of hydrogen-bond donors (Lipinski definition) is 0. The second-order valence-corrected chi connectivity index (χ2v) is 5.88. The van der Waals surface area contributed by atoms with E-state index in [1.54, 1.807) is 7.11 Å². The summed E-state index contributed by atoms with van der Waals surface area (Å²) in [6.07, 6.45) is 2.57. The number of benzene rings is 2. The van der Waals surface area contributed by atoms with Gasteiger partial charge in [0.05, 0.1) is 13.7 Å². The molecule has 0 aromatic heterocycles. The smallest absolute Gasteiger partial charge is 0.200 e. The van der Waals surface area contributed by atoms with Crippen LogP contribution in [0.2, 0.25) is 0 Å². The Morgan fingerprint density at radius 2 is 2.00 bits per heavy atom. The third-order valence-electron chi connectivity index (χ3n) is 4.07. The molecule has 121 valence electrons. The molecule has 23 heavy (non-hydrogen) atoms. The molecular formula is C20H23O3. The Labute approximate surface area is 138 Å². The van der Waals surface area contributed by atoms with Gasteiger partial charge in [-0.25, -0.2) is 0 Å². The van der Waals surface area contributed by atoms with Gasteiger partial charge >= 0.3 is 0 Å². The molecule has 0 bridgehead atoms. The van der Waals surface area contributed by atoms with Gasteiger partial charge in [-0.1, -0.05) is 29.8 Å². The van der Waals surface area contributed by atoms with E-state index in [1.165, 1.54) is 16.7 Å². The SMILES string of the molecule is [CH2]Cc1cc(C)cc(-c2ccc(OC)c(OC3CCCO3)c2)c1. The van der Waals surface area contributed by atoms with Crippen molar-refractivity contribution in [2.75, 3.05) is 13.7 Å². The van der Waals surface area contributed by atoms with Gasteiger partial charge in [-0.15, -0.1) is 0 Å². The number of rotatable bonds is 5. The highest BCUT2D eigenvalue weighted by atomic mass is 16.7. The van der Waals surface area contributed by atoms with Crippen LogP contribution in [0, 0.1) is 13.8 Å². The fourth-order valence-electron chi connectivity index (χ4n) is 2.90. The first kappa shape index (κ1) is 15.9. The quantitative estimate of drug-likeness (QED) is 0.810. The topological polar surface area (TPSA) is 27.7 Å². The van der Waals surface area contributed by atoms with Crippen molar-refractivity contribution in [1.29, 1.82) is 0 Å². The van der Waals surface area contributed by atoms with Crippen molar-refractivity contribution >= 4 is 0 Å². The first-order chi connectivity index (χ1) is 11.2. The van der Waals surface area contributed by atoms with Gasteiger partial charge in [-0.3, -0.25) is 0 Å². The molecule has 3 rings (SSSR count). The maximum Gasteiger partial charge on any atom is 0.200 e. The lowest BCUT2D eigenvalue weighted by molar-refractivity contribution is -0.0402. The zero-order valence-electron chi connectivity index (χ0n) is 13.8. The molecule has 2 aromatic carbocycles. The monoisotopic (exact) mass is 311 g/mol. The molecule has 0 aliphatic carbocycles. The molecule has 1 atom stereocenters. The van der Waals surface area contributed by atoms with Gasteiger partial charge in [0.25, 0.3) is 0 Å². The van der Waals surface area contributed by atoms with E-state index in [0.29, 0.717) is 0 Å². The van der Waals surface area contributed by atoms with Crippen LogP contribution >= 0.6 is 0 Å². The summed E-state index contributed by atoms with van der Waals surface area (Å²) in [5.41, 5.74) is 4.75. The molecule has 1 radical (unpaired) electrons. The van der Waals surface area contributed by atoms with E-state index in [-0.39, 0.29) is 6.29 Å². The molecule has 0 spiro atoms. The van der Waals surface area contributed by atoms with Gasteiger partial charge in [0.15, 0.2) is 17.8 Å². The number of aryl methyl sites for hydroxylation is 1. The van der Waals surface area contributed by atoms with Gasteiger partial charge in [0.2, 0.25) is 0 Å². The van der Waals surface area contributed by atoms with Gasteiger partial charge in [0.1, 0.15) is 0 Å². The van der Waals surface area contributed by atoms with Crippen LogP contribution in [0.4, 0.5) is 0 Å². The summed E-state index contributed by atoms with van der Waals surface area (Å²) in [4.78, 5) is 0. The molecule has 0 N–H and O–H groups in total. The molecule has 3 nitrogen and oxygen atoms in total. The zero-order valence-corrected chi connectivity index (χ0v) is 13.8. The van der Waals surface area contributed by atoms with Crippen molar-refractivity contribution in [2.24, 2.45) is 0 Å². The van der Waals surface area contributed by atoms with E-state index in [4.69, 9.17) is 14.2 Å². The summed E-state index contributed by atoms with van der Waals surface area (Å²) in [5.74, 6) is 1.46. The number of methoxy groups -OCH3 is 1.